The second-order valence-electron chi connectivity index (χ2n) is 3.99. The molecule has 0 rings (SSSR count). The van der Waals surface area contributed by atoms with Crippen molar-refractivity contribution in [3.05, 3.63) is 0 Å². The molecule has 0 aliphatic carbocycles. The minimum Gasteiger partial charge on any atom is -0.212 e. The molecule has 14 heavy (non-hydrogen) atoms. The zero-order valence-electron chi connectivity index (χ0n) is 9.29. The first-order valence-electron chi connectivity index (χ1n) is 5.35. The number of unbranched alkanes of at least 4 members (excludes halogenated alkanes) is 1. The summed E-state index contributed by atoms with van der Waals surface area (Å²) < 4.78 is 22.3. The van der Waals surface area contributed by atoms with Gasteiger partial charge in [0, 0.05) is 10.7 Å². The third-order valence-electron chi connectivity index (χ3n) is 2.57. The number of hydrogen-bond donors (Lipinski definition) is 0. The van der Waals surface area contributed by atoms with E-state index >= 15 is 0 Å². The smallest absolute Gasteiger partial charge is 0.212 e. The lowest BCUT2D eigenvalue weighted by molar-refractivity contribution is 0.450. The summed E-state index contributed by atoms with van der Waals surface area (Å²) in [5.41, 5.74) is 0. The first-order chi connectivity index (χ1) is 6.41. The highest BCUT2D eigenvalue weighted by Gasteiger charge is 2.22. The van der Waals surface area contributed by atoms with Crippen molar-refractivity contribution in [2.75, 3.05) is 0 Å². The summed E-state index contributed by atoms with van der Waals surface area (Å²) in [6.07, 6.45) is 4.73. The maximum absolute atomic E-state index is 11.1. The maximum atomic E-state index is 11.1. The lowest BCUT2D eigenvalue weighted by Gasteiger charge is -2.16. The van der Waals surface area contributed by atoms with Crippen LogP contribution in [0.2, 0.25) is 0 Å². The standard InChI is InChI=1S/C10H21ClO2S/c1-4-6-7-9(3)8-10(5-2)14(11,12)13/h9-10H,4-8H2,1-3H3. The summed E-state index contributed by atoms with van der Waals surface area (Å²) in [6.45, 7) is 6.11. The summed E-state index contributed by atoms with van der Waals surface area (Å²) >= 11 is 0. The molecule has 0 fully saturated rings. The molecule has 0 aliphatic heterocycles. The second-order valence-corrected chi connectivity index (χ2v) is 6.90. The SMILES string of the molecule is CCCCC(C)CC(CC)S(=O)(=O)Cl. The Morgan fingerprint density at radius 3 is 2.21 bits per heavy atom. The topological polar surface area (TPSA) is 34.1 Å². The zero-order valence-corrected chi connectivity index (χ0v) is 10.9. The molecule has 0 amide bonds. The van der Waals surface area contributed by atoms with Crippen molar-refractivity contribution in [2.45, 2.75) is 58.1 Å². The zero-order chi connectivity index (χ0) is 11.2. The van der Waals surface area contributed by atoms with Crippen LogP contribution in [-0.2, 0) is 9.05 Å². The van der Waals surface area contributed by atoms with Crippen molar-refractivity contribution in [2.24, 2.45) is 5.92 Å². The van der Waals surface area contributed by atoms with Gasteiger partial charge in [-0.1, -0.05) is 40.0 Å². The van der Waals surface area contributed by atoms with E-state index in [0.717, 1.165) is 12.8 Å². The average molecular weight is 241 g/mol. The molecule has 0 heterocycles. The predicted octanol–water partition coefficient (Wildman–Crippen LogP) is 3.55. The van der Waals surface area contributed by atoms with Gasteiger partial charge < -0.3 is 0 Å². The van der Waals surface area contributed by atoms with E-state index in [1.807, 2.05) is 6.92 Å². The molecular weight excluding hydrogens is 220 g/mol. The van der Waals surface area contributed by atoms with Crippen LogP contribution in [0.3, 0.4) is 0 Å². The van der Waals surface area contributed by atoms with Crippen LogP contribution in [0.4, 0.5) is 0 Å². The molecule has 0 N–H and O–H groups in total. The van der Waals surface area contributed by atoms with E-state index in [1.54, 1.807) is 0 Å². The summed E-state index contributed by atoms with van der Waals surface area (Å²) in [6, 6.07) is 0. The van der Waals surface area contributed by atoms with Crippen molar-refractivity contribution >= 4 is 19.7 Å². The van der Waals surface area contributed by atoms with Crippen molar-refractivity contribution < 1.29 is 8.42 Å². The Morgan fingerprint density at radius 2 is 1.86 bits per heavy atom. The highest BCUT2D eigenvalue weighted by Crippen LogP contribution is 2.22. The molecule has 0 saturated carbocycles. The lowest BCUT2D eigenvalue weighted by Crippen LogP contribution is -2.18. The molecular formula is C10H21ClO2S. The predicted molar refractivity (Wildman–Crippen MR) is 62.2 cm³/mol. The lowest BCUT2D eigenvalue weighted by atomic mass is 9.98. The monoisotopic (exact) mass is 240 g/mol. The number of hydrogen-bond acceptors (Lipinski definition) is 2. The van der Waals surface area contributed by atoms with E-state index in [-0.39, 0.29) is 5.25 Å². The molecule has 2 unspecified atom stereocenters. The molecule has 4 heteroatoms. The summed E-state index contributed by atoms with van der Waals surface area (Å²) in [7, 11) is 1.99. The highest BCUT2D eigenvalue weighted by molar-refractivity contribution is 8.14. The van der Waals surface area contributed by atoms with Gasteiger partial charge in [0.05, 0.1) is 5.25 Å². The van der Waals surface area contributed by atoms with Crippen LogP contribution in [0.1, 0.15) is 52.9 Å². The first-order valence-corrected chi connectivity index (χ1v) is 7.72. The molecule has 0 aromatic rings. The normalized spacial score (nSPS) is 16.6. The van der Waals surface area contributed by atoms with Gasteiger partial charge >= 0.3 is 0 Å². The van der Waals surface area contributed by atoms with Gasteiger partial charge in [0.1, 0.15) is 0 Å². The quantitative estimate of drug-likeness (QED) is 0.638. The van der Waals surface area contributed by atoms with Crippen molar-refractivity contribution in [3.63, 3.8) is 0 Å². The minimum atomic E-state index is -3.36. The molecule has 0 aromatic carbocycles. The van der Waals surface area contributed by atoms with Gasteiger partial charge in [-0.2, -0.15) is 0 Å². The molecule has 2 nitrogen and oxygen atoms in total. The Kier molecular flexibility index (Phi) is 6.79. The van der Waals surface area contributed by atoms with Crippen LogP contribution >= 0.6 is 10.7 Å². The van der Waals surface area contributed by atoms with Gasteiger partial charge in [-0.05, 0) is 18.8 Å². The molecule has 0 bridgehead atoms. The fraction of sp³-hybridized carbons (Fsp3) is 1.00. The van der Waals surface area contributed by atoms with E-state index in [2.05, 4.69) is 13.8 Å². The van der Waals surface area contributed by atoms with Crippen molar-refractivity contribution in [3.8, 4) is 0 Å². The molecule has 0 aromatic heterocycles. The van der Waals surface area contributed by atoms with Gasteiger partial charge in [0.15, 0.2) is 0 Å². The average Bonchev–Trinajstić information content (AvgIpc) is 2.08. The third kappa shape index (κ3) is 5.86. The van der Waals surface area contributed by atoms with Gasteiger partial charge in [-0.25, -0.2) is 8.42 Å². The van der Waals surface area contributed by atoms with E-state index in [1.165, 1.54) is 6.42 Å². The fourth-order valence-corrected chi connectivity index (χ4v) is 3.15. The molecule has 86 valence electrons. The molecule has 2 atom stereocenters. The Labute approximate surface area is 92.5 Å². The van der Waals surface area contributed by atoms with Gasteiger partial charge in [0.25, 0.3) is 0 Å². The van der Waals surface area contributed by atoms with E-state index in [0.29, 0.717) is 18.8 Å². The van der Waals surface area contributed by atoms with Crippen LogP contribution in [0.25, 0.3) is 0 Å². The molecule has 0 aliphatic rings. The van der Waals surface area contributed by atoms with Crippen LogP contribution in [0, 0.1) is 5.92 Å². The Balaban J connectivity index is 4.06. The van der Waals surface area contributed by atoms with Crippen LogP contribution in [0.5, 0.6) is 0 Å². The van der Waals surface area contributed by atoms with Gasteiger partial charge in [-0.3, -0.25) is 0 Å². The van der Waals surface area contributed by atoms with Gasteiger partial charge in [0.2, 0.25) is 9.05 Å². The van der Waals surface area contributed by atoms with Crippen molar-refractivity contribution in [1.82, 2.24) is 0 Å². The van der Waals surface area contributed by atoms with Crippen LogP contribution in [-0.4, -0.2) is 13.7 Å². The largest absolute Gasteiger partial charge is 0.235 e. The summed E-state index contributed by atoms with van der Waals surface area (Å²) in [5.74, 6) is 0.452. The van der Waals surface area contributed by atoms with E-state index < -0.39 is 9.05 Å². The Morgan fingerprint density at radius 1 is 1.29 bits per heavy atom. The second kappa shape index (κ2) is 6.67. The third-order valence-corrected chi connectivity index (χ3v) is 4.65. The number of halogens is 1. The molecule has 0 radical (unpaired) electrons. The maximum Gasteiger partial charge on any atom is 0.235 e. The summed E-state index contributed by atoms with van der Waals surface area (Å²) in [4.78, 5) is 0. The first kappa shape index (κ1) is 14.2. The highest BCUT2D eigenvalue weighted by atomic mass is 35.7. The van der Waals surface area contributed by atoms with Crippen LogP contribution < -0.4 is 0 Å². The Hall–Kier alpha value is 0.240. The van der Waals surface area contributed by atoms with E-state index in [9.17, 15) is 8.42 Å². The fourth-order valence-electron chi connectivity index (χ4n) is 1.60. The molecule has 0 saturated heterocycles. The van der Waals surface area contributed by atoms with Gasteiger partial charge in [-0.15, -0.1) is 0 Å². The minimum absolute atomic E-state index is 0.365. The van der Waals surface area contributed by atoms with Crippen LogP contribution in [0.15, 0.2) is 0 Å². The van der Waals surface area contributed by atoms with Crippen molar-refractivity contribution in [1.29, 1.82) is 0 Å². The van der Waals surface area contributed by atoms with E-state index in [4.69, 9.17) is 10.7 Å². The Bertz CT molecular complexity index is 237. The molecule has 0 spiro atoms. The summed E-state index contributed by atoms with van der Waals surface area (Å²) in [5, 5.41) is -0.365. The number of rotatable bonds is 7.